The van der Waals surface area contributed by atoms with Gasteiger partial charge in [0.1, 0.15) is 17.7 Å². The van der Waals surface area contributed by atoms with E-state index in [4.69, 9.17) is 0 Å². The maximum absolute atomic E-state index is 13.7. The van der Waals surface area contributed by atoms with Crippen LogP contribution in [0.4, 0.5) is 8.78 Å². The zero-order chi connectivity index (χ0) is 14.0. The lowest BCUT2D eigenvalue weighted by molar-refractivity contribution is -0.144. The van der Waals surface area contributed by atoms with E-state index in [0.717, 1.165) is 18.2 Å². The molecule has 0 radical (unpaired) electrons. The molecule has 1 aliphatic rings. The van der Waals surface area contributed by atoms with Crippen molar-refractivity contribution in [2.75, 3.05) is 33.2 Å². The molecule has 0 bridgehead atoms. The summed E-state index contributed by atoms with van der Waals surface area (Å²) in [5, 5.41) is 9.32. The van der Waals surface area contributed by atoms with Crippen molar-refractivity contribution in [1.82, 2.24) is 9.80 Å². The smallest absolute Gasteiger partial charge is 0.325 e. The van der Waals surface area contributed by atoms with Crippen LogP contribution in [0.5, 0.6) is 0 Å². The van der Waals surface area contributed by atoms with Crippen LogP contribution in [-0.2, 0) is 4.79 Å². The molecule has 19 heavy (non-hydrogen) atoms. The number of likely N-dealkylation sites (N-methyl/N-ethyl adjacent to an activating group) is 1. The summed E-state index contributed by atoms with van der Waals surface area (Å²) < 4.78 is 27.0. The van der Waals surface area contributed by atoms with Crippen LogP contribution in [0.1, 0.15) is 11.6 Å². The average molecular weight is 270 g/mol. The van der Waals surface area contributed by atoms with Gasteiger partial charge in [-0.1, -0.05) is 0 Å². The fourth-order valence-corrected chi connectivity index (χ4v) is 2.29. The standard InChI is InChI=1S/C13H16F2N2O2/c1-16-4-6-17(7-5-16)12(13(18)19)10-8-9(14)2-3-11(10)15/h2-3,8,12H,4-7H2,1H3,(H,18,19). The minimum Gasteiger partial charge on any atom is -0.480 e. The largest absolute Gasteiger partial charge is 0.480 e. The molecule has 1 heterocycles. The number of halogens is 2. The average Bonchev–Trinajstić information content (AvgIpc) is 2.36. The quantitative estimate of drug-likeness (QED) is 0.900. The van der Waals surface area contributed by atoms with Crippen molar-refractivity contribution in [3.05, 3.63) is 35.4 Å². The Kier molecular flexibility index (Phi) is 4.11. The molecule has 0 aromatic heterocycles. The molecule has 1 atom stereocenters. The molecule has 1 aromatic carbocycles. The van der Waals surface area contributed by atoms with Gasteiger partial charge in [0.2, 0.25) is 0 Å². The number of carboxylic acid groups (broad SMARTS) is 1. The van der Waals surface area contributed by atoms with Crippen molar-refractivity contribution in [2.45, 2.75) is 6.04 Å². The molecule has 6 heteroatoms. The minimum absolute atomic E-state index is 0.114. The SMILES string of the molecule is CN1CCN(C(C(=O)O)c2cc(F)ccc2F)CC1. The lowest BCUT2D eigenvalue weighted by Crippen LogP contribution is -2.48. The summed E-state index contributed by atoms with van der Waals surface area (Å²) in [6.45, 7) is 2.45. The molecular formula is C13H16F2N2O2. The highest BCUT2D eigenvalue weighted by Crippen LogP contribution is 2.25. The normalized spacial score (nSPS) is 19.3. The van der Waals surface area contributed by atoms with E-state index >= 15 is 0 Å². The Morgan fingerprint density at radius 1 is 1.26 bits per heavy atom. The molecule has 1 aromatic rings. The second kappa shape index (κ2) is 5.63. The van der Waals surface area contributed by atoms with E-state index in [1.807, 2.05) is 7.05 Å². The van der Waals surface area contributed by atoms with Gasteiger partial charge in [0.15, 0.2) is 0 Å². The van der Waals surface area contributed by atoms with Crippen molar-refractivity contribution in [2.24, 2.45) is 0 Å². The van der Waals surface area contributed by atoms with Crippen molar-refractivity contribution in [3.63, 3.8) is 0 Å². The van der Waals surface area contributed by atoms with Gasteiger partial charge < -0.3 is 10.0 Å². The molecule has 0 aliphatic carbocycles. The Morgan fingerprint density at radius 2 is 1.89 bits per heavy atom. The summed E-state index contributed by atoms with van der Waals surface area (Å²) in [5.41, 5.74) is -0.114. The van der Waals surface area contributed by atoms with Gasteiger partial charge in [-0.15, -0.1) is 0 Å². The Balaban J connectivity index is 2.30. The first-order valence-electron chi connectivity index (χ1n) is 6.09. The van der Waals surface area contributed by atoms with E-state index in [1.165, 1.54) is 0 Å². The summed E-state index contributed by atoms with van der Waals surface area (Å²) in [7, 11) is 1.94. The van der Waals surface area contributed by atoms with Crippen molar-refractivity contribution < 1.29 is 18.7 Å². The number of benzene rings is 1. The van der Waals surface area contributed by atoms with Gasteiger partial charge in [0, 0.05) is 31.7 Å². The fourth-order valence-electron chi connectivity index (χ4n) is 2.29. The van der Waals surface area contributed by atoms with Crippen LogP contribution in [0.2, 0.25) is 0 Å². The number of nitrogens with zero attached hydrogens (tertiary/aromatic N) is 2. The van der Waals surface area contributed by atoms with Crippen molar-refractivity contribution in [1.29, 1.82) is 0 Å². The van der Waals surface area contributed by atoms with E-state index in [0.29, 0.717) is 26.2 Å². The van der Waals surface area contributed by atoms with Gasteiger partial charge in [-0.25, -0.2) is 8.78 Å². The molecule has 1 saturated heterocycles. The maximum Gasteiger partial charge on any atom is 0.325 e. The third-order valence-corrected chi connectivity index (χ3v) is 3.39. The fraction of sp³-hybridized carbons (Fsp3) is 0.462. The van der Waals surface area contributed by atoms with E-state index in [9.17, 15) is 18.7 Å². The van der Waals surface area contributed by atoms with E-state index in [-0.39, 0.29) is 5.56 Å². The Labute approximate surface area is 110 Å². The van der Waals surface area contributed by atoms with Gasteiger partial charge in [-0.05, 0) is 25.2 Å². The topological polar surface area (TPSA) is 43.8 Å². The molecule has 1 aliphatic heterocycles. The van der Waals surface area contributed by atoms with Crippen molar-refractivity contribution in [3.8, 4) is 0 Å². The van der Waals surface area contributed by atoms with Crippen LogP contribution in [0.15, 0.2) is 18.2 Å². The molecule has 0 saturated carbocycles. The first kappa shape index (κ1) is 13.9. The zero-order valence-electron chi connectivity index (χ0n) is 10.6. The molecule has 1 unspecified atom stereocenters. The summed E-state index contributed by atoms with van der Waals surface area (Å²) in [6.07, 6.45) is 0. The first-order valence-corrected chi connectivity index (χ1v) is 6.09. The van der Waals surface area contributed by atoms with Crippen LogP contribution < -0.4 is 0 Å². The van der Waals surface area contributed by atoms with Crippen LogP contribution >= 0.6 is 0 Å². The molecule has 104 valence electrons. The number of hydrogen-bond acceptors (Lipinski definition) is 3. The van der Waals surface area contributed by atoms with E-state index in [1.54, 1.807) is 4.90 Å². The molecule has 2 rings (SSSR count). The maximum atomic E-state index is 13.7. The lowest BCUT2D eigenvalue weighted by atomic mass is 10.0. The highest BCUT2D eigenvalue weighted by molar-refractivity contribution is 5.75. The van der Waals surface area contributed by atoms with Crippen LogP contribution in [-0.4, -0.2) is 54.1 Å². The monoisotopic (exact) mass is 270 g/mol. The van der Waals surface area contributed by atoms with Gasteiger partial charge in [0.25, 0.3) is 0 Å². The molecule has 1 fully saturated rings. The highest BCUT2D eigenvalue weighted by atomic mass is 19.1. The summed E-state index contributed by atoms with van der Waals surface area (Å²) in [4.78, 5) is 15.1. The predicted molar refractivity (Wildman–Crippen MR) is 65.8 cm³/mol. The third-order valence-electron chi connectivity index (χ3n) is 3.39. The highest BCUT2D eigenvalue weighted by Gasteiger charge is 2.31. The first-order chi connectivity index (χ1) is 8.99. The summed E-state index contributed by atoms with van der Waals surface area (Å²) >= 11 is 0. The minimum atomic E-state index is -1.16. The second-order valence-electron chi connectivity index (χ2n) is 4.75. The lowest BCUT2D eigenvalue weighted by Gasteiger charge is -2.36. The zero-order valence-corrected chi connectivity index (χ0v) is 10.6. The van der Waals surface area contributed by atoms with Gasteiger partial charge >= 0.3 is 5.97 Å². The Hall–Kier alpha value is -1.53. The number of aliphatic carboxylic acids is 1. The van der Waals surface area contributed by atoms with E-state index in [2.05, 4.69) is 4.90 Å². The number of carboxylic acids is 1. The van der Waals surface area contributed by atoms with Gasteiger partial charge in [-0.3, -0.25) is 9.69 Å². The van der Waals surface area contributed by atoms with E-state index < -0.39 is 23.6 Å². The van der Waals surface area contributed by atoms with Crippen molar-refractivity contribution >= 4 is 5.97 Å². The predicted octanol–water partition coefficient (Wildman–Crippen LogP) is 1.34. The number of rotatable bonds is 3. The number of carbonyl (C=O) groups is 1. The van der Waals surface area contributed by atoms with Gasteiger partial charge in [0.05, 0.1) is 0 Å². The number of piperazine rings is 1. The second-order valence-corrected chi connectivity index (χ2v) is 4.75. The Morgan fingerprint density at radius 3 is 2.47 bits per heavy atom. The molecular weight excluding hydrogens is 254 g/mol. The molecule has 0 amide bonds. The molecule has 0 spiro atoms. The summed E-state index contributed by atoms with van der Waals surface area (Å²) in [6, 6.07) is 1.79. The van der Waals surface area contributed by atoms with Gasteiger partial charge in [-0.2, -0.15) is 0 Å². The summed E-state index contributed by atoms with van der Waals surface area (Å²) in [5.74, 6) is -2.47. The number of hydrogen-bond donors (Lipinski definition) is 1. The van der Waals surface area contributed by atoms with Crippen LogP contribution in [0, 0.1) is 11.6 Å². The van der Waals surface area contributed by atoms with Crippen LogP contribution in [0.25, 0.3) is 0 Å². The third kappa shape index (κ3) is 3.08. The Bertz CT molecular complexity index is 474. The molecule has 1 N–H and O–H groups in total. The van der Waals surface area contributed by atoms with Crippen LogP contribution in [0.3, 0.4) is 0 Å². The molecule has 4 nitrogen and oxygen atoms in total.